The van der Waals surface area contributed by atoms with Crippen molar-refractivity contribution in [1.29, 1.82) is 0 Å². The lowest BCUT2D eigenvalue weighted by molar-refractivity contribution is 0.0933. The predicted molar refractivity (Wildman–Crippen MR) is 97.8 cm³/mol. The smallest absolute Gasteiger partial charge is 0.263 e. The summed E-state index contributed by atoms with van der Waals surface area (Å²) in [6.45, 7) is 0. The molecule has 2 N–H and O–H groups in total. The summed E-state index contributed by atoms with van der Waals surface area (Å²) < 4.78 is 0. The van der Waals surface area contributed by atoms with E-state index < -0.39 is 0 Å². The molecule has 0 spiro atoms. The van der Waals surface area contributed by atoms with Gasteiger partial charge in [0.05, 0.1) is 5.39 Å². The minimum absolute atomic E-state index is 0.134. The van der Waals surface area contributed by atoms with Gasteiger partial charge >= 0.3 is 0 Å². The maximum absolute atomic E-state index is 12.7. The van der Waals surface area contributed by atoms with Gasteiger partial charge in [-0.15, -0.1) is 11.3 Å². The molecular formula is C18H18N4O2S. The standard InChI is InChI=1S/C18H18N4O2S/c23-17-13-10-25-15(18(24)20-12-4-2-1-3-5-12)14(13)21-16(22-17)11-6-8-19-9-7-11/h6-10,12H,1-5H2,(H,20,24)(H,21,22,23). The molecule has 0 unspecified atom stereocenters. The third-order valence-electron chi connectivity index (χ3n) is 4.57. The van der Waals surface area contributed by atoms with E-state index in [9.17, 15) is 9.59 Å². The maximum Gasteiger partial charge on any atom is 0.263 e. The van der Waals surface area contributed by atoms with Crippen LogP contribution in [0.1, 0.15) is 41.8 Å². The summed E-state index contributed by atoms with van der Waals surface area (Å²) in [4.78, 5) is 36.9. The van der Waals surface area contributed by atoms with E-state index in [4.69, 9.17) is 0 Å². The molecule has 1 aliphatic rings. The Bertz CT molecular complexity index is 958. The highest BCUT2D eigenvalue weighted by atomic mass is 32.1. The Labute approximate surface area is 148 Å². The number of aromatic nitrogens is 3. The number of carbonyl (C=O) groups excluding carboxylic acids is 1. The molecule has 0 aromatic carbocycles. The van der Waals surface area contributed by atoms with Crippen LogP contribution in [0.25, 0.3) is 22.3 Å². The fourth-order valence-electron chi connectivity index (χ4n) is 3.24. The van der Waals surface area contributed by atoms with Crippen LogP contribution in [0.3, 0.4) is 0 Å². The van der Waals surface area contributed by atoms with Crippen LogP contribution < -0.4 is 10.9 Å². The number of pyridine rings is 1. The third-order valence-corrected chi connectivity index (χ3v) is 5.53. The summed E-state index contributed by atoms with van der Waals surface area (Å²) in [5.74, 6) is 0.315. The summed E-state index contributed by atoms with van der Waals surface area (Å²) in [5.41, 5.74) is 0.998. The number of aromatic amines is 1. The normalized spacial score (nSPS) is 15.4. The van der Waals surface area contributed by atoms with E-state index in [-0.39, 0.29) is 17.5 Å². The molecule has 0 saturated heterocycles. The number of carbonyl (C=O) groups is 1. The molecule has 0 bridgehead atoms. The first-order valence-electron chi connectivity index (χ1n) is 8.45. The summed E-state index contributed by atoms with van der Waals surface area (Å²) in [6.07, 6.45) is 8.87. The average Bonchev–Trinajstić information content (AvgIpc) is 3.08. The van der Waals surface area contributed by atoms with Gasteiger partial charge in [0.1, 0.15) is 16.2 Å². The summed E-state index contributed by atoms with van der Waals surface area (Å²) in [6, 6.07) is 3.77. The molecule has 4 rings (SSSR count). The molecule has 25 heavy (non-hydrogen) atoms. The van der Waals surface area contributed by atoms with Crippen molar-refractivity contribution in [3.05, 3.63) is 45.1 Å². The fraction of sp³-hybridized carbons (Fsp3) is 0.333. The molecule has 3 aromatic heterocycles. The Morgan fingerprint density at radius 1 is 1.20 bits per heavy atom. The van der Waals surface area contributed by atoms with Gasteiger partial charge in [-0.05, 0) is 25.0 Å². The molecule has 1 saturated carbocycles. The number of rotatable bonds is 3. The average molecular weight is 354 g/mol. The highest BCUT2D eigenvalue weighted by Crippen LogP contribution is 2.25. The van der Waals surface area contributed by atoms with Crippen LogP contribution in [0.4, 0.5) is 0 Å². The van der Waals surface area contributed by atoms with Crippen LogP contribution in [0.2, 0.25) is 0 Å². The summed E-state index contributed by atoms with van der Waals surface area (Å²) >= 11 is 1.27. The predicted octanol–water partition coefficient (Wildman–Crippen LogP) is 3.11. The SMILES string of the molecule is O=C(NC1CCCCC1)c1scc2c(=O)[nH]c(-c3ccncc3)nc12. The van der Waals surface area contributed by atoms with Crippen LogP contribution >= 0.6 is 11.3 Å². The third kappa shape index (κ3) is 3.19. The highest BCUT2D eigenvalue weighted by molar-refractivity contribution is 7.13. The zero-order chi connectivity index (χ0) is 17.2. The van der Waals surface area contributed by atoms with Gasteiger partial charge in [0.15, 0.2) is 0 Å². The van der Waals surface area contributed by atoms with Crippen molar-refractivity contribution in [2.75, 3.05) is 0 Å². The molecule has 3 heterocycles. The van der Waals surface area contributed by atoms with Crippen molar-refractivity contribution < 1.29 is 4.79 Å². The van der Waals surface area contributed by atoms with Crippen LogP contribution in [-0.4, -0.2) is 26.9 Å². The first-order chi connectivity index (χ1) is 12.2. The minimum Gasteiger partial charge on any atom is -0.349 e. The van der Waals surface area contributed by atoms with Crippen molar-refractivity contribution >= 4 is 28.1 Å². The Balaban J connectivity index is 1.71. The van der Waals surface area contributed by atoms with E-state index in [1.165, 1.54) is 17.8 Å². The first kappa shape index (κ1) is 16.0. The fourth-order valence-corrected chi connectivity index (χ4v) is 4.13. The molecule has 1 aliphatic carbocycles. The van der Waals surface area contributed by atoms with Gasteiger partial charge in [0, 0.05) is 29.4 Å². The largest absolute Gasteiger partial charge is 0.349 e. The molecular weight excluding hydrogens is 336 g/mol. The van der Waals surface area contributed by atoms with Gasteiger partial charge in [-0.25, -0.2) is 4.98 Å². The van der Waals surface area contributed by atoms with E-state index in [0.717, 1.165) is 31.2 Å². The second-order valence-electron chi connectivity index (χ2n) is 6.29. The number of H-pyrrole nitrogens is 1. The van der Waals surface area contributed by atoms with Gasteiger partial charge in [0.25, 0.3) is 11.5 Å². The van der Waals surface area contributed by atoms with Crippen molar-refractivity contribution in [2.24, 2.45) is 0 Å². The molecule has 128 valence electrons. The molecule has 7 heteroatoms. The number of hydrogen-bond acceptors (Lipinski definition) is 5. The molecule has 3 aromatic rings. The first-order valence-corrected chi connectivity index (χ1v) is 9.33. The lowest BCUT2D eigenvalue weighted by Gasteiger charge is -2.22. The molecule has 1 amide bonds. The summed E-state index contributed by atoms with van der Waals surface area (Å²) in [7, 11) is 0. The maximum atomic E-state index is 12.7. The van der Waals surface area contributed by atoms with E-state index in [1.807, 2.05) is 0 Å². The van der Waals surface area contributed by atoms with Gasteiger partial charge in [-0.3, -0.25) is 14.6 Å². The van der Waals surface area contributed by atoms with E-state index in [2.05, 4.69) is 20.3 Å². The Morgan fingerprint density at radius 3 is 2.72 bits per heavy atom. The lowest BCUT2D eigenvalue weighted by atomic mass is 9.95. The second-order valence-corrected chi connectivity index (χ2v) is 7.17. The van der Waals surface area contributed by atoms with Crippen LogP contribution in [0, 0.1) is 0 Å². The Kier molecular flexibility index (Phi) is 4.31. The lowest BCUT2D eigenvalue weighted by Crippen LogP contribution is -2.35. The van der Waals surface area contributed by atoms with E-state index in [0.29, 0.717) is 21.6 Å². The zero-order valence-electron chi connectivity index (χ0n) is 13.6. The Morgan fingerprint density at radius 2 is 1.96 bits per heavy atom. The number of nitrogens with one attached hydrogen (secondary N) is 2. The van der Waals surface area contributed by atoms with Gasteiger partial charge in [-0.2, -0.15) is 0 Å². The molecule has 6 nitrogen and oxygen atoms in total. The zero-order valence-corrected chi connectivity index (χ0v) is 14.4. The number of nitrogens with zero attached hydrogens (tertiary/aromatic N) is 2. The number of hydrogen-bond donors (Lipinski definition) is 2. The van der Waals surface area contributed by atoms with Crippen LogP contribution in [0.15, 0.2) is 34.7 Å². The topological polar surface area (TPSA) is 87.7 Å². The van der Waals surface area contributed by atoms with Gasteiger partial charge in [-0.1, -0.05) is 19.3 Å². The van der Waals surface area contributed by atoms with E-state index in [1.54, 1.807) is 29.9 Å². The molecule has 0 aliphatic heterocycles. The van der Waals surface area contributed by atoms with Crippen molar-refractivity contribution in [1.82, 2.24) is 20.3 Å². The van der Waals surface area contributed by atoms with Crippen molar-refractivity contribution in [3.8, 4) is 11.4 Å². The molecule has 1 fully saturated rings. The van der Waals surface area contributed by atoms with Crippen molar-refractivity contribution in [2.45, 2.75) is 38.1 Å². The minimum atomic E-state index is -0.232. The van der Waals surface area contributed by atoms with Crippen LogP contribution in [-0.2, 0) is 0 Å². The monoisotopic (exact) mass is 354 g/mol. The molecule has 0 atom stereocenters. The van der Waals surface area contributed by atoms with Crippen molar-refractivity contribution in [3.63, 3.8) is 0 Å². The number of amides is 1. The van der Waals surface area contributed by atoms with Crippen LogP contribution in [0.5, 0.6) is 0 Å². The number of fused-ring (bicyclic) bond motifs is 1. The summed E-state index contributed by atoms with van der Waals surface area (Å²) in [5, 5.41) is 5.26. The number of thiophene rings is 1. The quantitative estimate of drug-likeness (QED) is 0.756. The molecule has 0 radical (unpaired) electrons. The van der Waals surface area contributed by atoms with E-state index >= 15 is 0 Å². The Hall–Kier alpha value is -2.54. The second kappa shape index (κ2) is 6.76. The van der Waals surface area contributed by atoms with Gasteiger partial charge < -0.3 is 10.3 Å². The van der Waals surface area contributed by atoms with Gasteiger partial charge in [0.2, 0.25) is 0 Å². The highest BCUT2D eigenvalue weighted by Gasteiger charge is 2.21.